The highest BCUT2D eigenvalue weighted by atomic mass is 19.1. The third kappa shape index (κ3) is 2.67. The Bertz CT molecular complexity index is 464. The summed E-state index contributed by atoms with van der Waals surface area (Å²) in [4.78, 5) is 11.8. The zero-order valence-electron chi connectivity index (χ0n) is 10.1. The quantitative estimate of drug-likeness (QED) is 0.856. The number of halogens is 2. The first-order valence-corrected chi connectivity index (χ1v) is 5.98. The predicted molar refractivity (Wildman–Crippen MR) is 63.9 cm³/mol. The molecule has 5 heteroatoms. The first kappa shape index (κ1) is 13.0. The molecule has 0 heterocycles. The topological polar surface area (TPSA) is 55.1 Å². The summed E-state index contributed by atoms with van der Waals surface area (Å²) in [6, 6.07) is 3.24. The third-order valence-electron chi connectivity index (χ3n) is 3.23. The van der Waals surface area contributed by atoms with E-state index < -0.39 is 11.6 Å². The summed E-state index contributed by atoms with van der Waals surface area (Å²) in [6.45, 7) is 2.16. The predicted octanol–water partition coefficient (Wildman–Crippen LogP) is 1.53. The third-order valence-corrected chi connectivity index (χ3v) is 3.23. The molecule has 0 aromatic heterocycles. The van der Waals surface area contributed by atoms with Gasteiger partial charge in [0.05, 0.1) is 0 Å². The van der Waals surface area contributed by atoms with E-state index in [1.807, 2.05) is 0 Å². The van der Waals surface area contributed by atoms with Gasteiger partial charge in [-0.3, -0.25) is 4.79 Å². The molecule has 1 aliphatic carbocycles. The second-order valence-electron chi connectivity index (χ2n) is 4.76. The van der Waals surface area contributed by atoms with E-state index in [0.717, 1.165) is 12.1 Å². The molecule has 0 bridgehead atoms. The number of carbonyl (C=O) groups is 1. The van der Waals surface area contributed by atoms with Crippen molar-refractivity contribution in [3.63, 3.8) is 0 Å². The maximum Gasteiger partial charge on any atom is 0.224 e. The molecule has 0 aliphatic heterocycles. The normalized spacial score (nSPS) is 23.6. The van der Waals surface area contributed by atoms with E-state index in [1.54, 1.807) is 6.92 Å². The second kappa shape index (κ2) is 5.02. The summed E-state index contributed by atoms with van der Waals surface area (Å²) in [5.41, 5.74) is 5.69. The van der Waals surface area contributed by atoms with Crippen LogP contribution >= 0.6 is 0 Å². The molecule has 1 fully saturated rings. The minimum Gasteiger partial charge on any atom is -0.352 e. The molecule has 1 aliphatic rings. The Balaban J connectivity index is 2.02. The fourth-order valence-electron chi connectivity index (χ4n) is 2.04. The number of carbonyl (C=O) groups excluding carboxylic acids is 1. The zero-order valence-corrected chi connectivity index (χ0v) is 10.1. The molecule has 1 saturated carbocycles. The van der Waals surface area contributed by atoms with Gasteiger partial charge in [0.1, 0.15) is 11.6 Å². The van der Waals surface area contributed by atoms with Gasteiger partial charge in [-0.15, -0.1) is 0 Å². The minimum atomic E-state index is -0.479. The van der Waals surface area contributed by atoms with Crippen LogP contribution in [0.4, 0.5) is 8.78 Å². The van der Waals surface area contributed by atoms with Gasteiger partial charge in [-0.2, -0.15) is 0 Å². The van der Waals surface area contributed by atoms with Crippen molar-refractivity contribution in [2.24, 2.45) is 11.7 Å². The lowest BCUT2D eigenvalue weighted by Crippen LogP contribution is -2.38. The summed E-state index contributed by atoms with van der Waals surface area (Å²) in [6.07, 6.45) is 0.559. The average Bonchev–Trinajstić information content (AvgIpc) is 3.12. The summed E-state index contributed by atoms with van der Waals surface area (Å²) in [5, 5.41) is 2.75. The molecule has 18 heavy (non-hydrogen) atoms. The van der Waals surface area contributed by atoms with Gasteiger partial charge < -0.3 is 11.1 Å². The molecule has 2 rings (SSSR count). The number of rotatable bonds is 4. The maximum atomic E-state index is 13.5. The SMILES string of the molecule is C[C@@H](CN)NC(=O)C1CC1c1cc(F)ccc1F. The van der Waals surface area contributed by atoms with Crippen molar-refractivity contribution in [3.05, 3.63) is 35.4 Å². The van der Waals surface area contributed by atoms with Gasteiger partial charge in [-0.25, -0.2) is 8.78 Å². The molecule has 1 aromatic carbocycles. The Morgan fingerprint density at radius 1 is 1.56 bits per heavy atom. The fraction of sp³-hybridized carbons (Fsp3) is 0.462. The maximum absolute atomic E-state index is 13.5. The van der Waals surface area contributed by atoms with Crippen molar-refractivity contribution < 1.29 is 13.6 Å². The van der Waals surface area contributed by atoms with E-state index in [9.17, 15) is 13.6 Å². The molecule has 3 atom stereocenters. The molecular formula is C13H16F2N2O. The zero-order chi connectivity index (χ0) is 13.3. The van der Waals surface area contributed by atoms with Crippen molar-refractivity contribution in [2.45, 2.75) is 25.3 Å². The number of hydrogen-bond donors (Lipinski definition) is 2. The molecule has 98 valence electrons. The number of nitrogens with one attached hydrogen (secondary N) is 1. The molecular weight excluding hydrogens is 238 g/mol. The van der Waals surface area contributed by atoms with Crippen LogP contribution in [0.25, 0.3) is 0 Å². The van der Waals surface area contributed by atoms with E-state index in [0.29, 0.717) is 13.0 Å². The van der Waals surface area contributed by atoms with Crippen LogP contribution in [0, 0.1) is 17.6 Å². The smallest absolute Gasteiger partial charge is 0.224 e. The van der Waals surface area contributed by atoms with E-state index >= 15 is 0 Å². The molecule has 1 amide bonds. The molecule has 3 N–H and O–H groups in total. The summed E-state index contributed by atoms with van der Waals surface area (Å²) < 4.78 is 26.6. The van der Waals surface area contributed by atoms with Crippen molar-refractivity contribution in [2.75, 3.05) is 6.54 Å². The fourth-order valence-corrected chi connectivity index (χ4v) is 2.04. The number of benzene rings is 1. The van der Waals surface area contributed by atoms with E-state index in [2.05, 4.69) is 5.32 Å². The Morgan fingerprint density at radius 3 is 2.94 bits per heavy atom. The van der Waals surface area contributed by atoms with Crippen LogP contribution in [0.5, 0.6) is 0 Å². The Labute approximate surface area is 104 Å². The minimum absolute atomic E-state index is 0.101. The van der Waals surface area contributed by atoms with E-state index in [-0.39, 0.29) is 29.3 Å². The Morgan fingerprint density at radius 2 is 2.28 bits per heavy atom. The van der Waals surface area contributed by atoms with Gasteiger partial charge in [0.25, 0.3) is 0 Å². The molecule has 3 nitrogen and oxygen atoms in total. The highest BCUT2D eigenvalue weighted by molar-refractivity contribution is 5.83. The van der Waals surface area contributed by atoms with E-state index in [1.165, 1.54) is 6.07 Å². The van der Waals surface area contributed by atoms with Crippen molar-refractivity contribution in [3.8, 4) is 0 Å². The lowest BCUT2D eigenvalue weighted by Gasteiger charge is -2.11. The van der Waals surface area contributed by atoms with Crippen LogP contribution < -0.4 is 11.1 Å². The van der Waals surface area contributed by atoms with Gasteiger partial charge in [0.15, 0.2) is 0 Å². The highest BCUT2D eigenvalue weighted by Gasteiger charge is 2.45. The Kier molecular flexibility index (Phi) is 3.61. The number of amides is 1. The van der Waals surface area contributed by atoms with Crippen LogP contribution in [-0.4, -0.2) is 18.5 Å². The monoisotopic (exact) mass is 254 g/mol. The van der Waals surface area contributed by atoms with Gasteiger partial charge in [-0.1, -0.05) is 0 Å². The number of nitrogens with two attached hydrogens (primary N) is 1. The molecule has 0 spiro atoms. The number of hydrogen-bond acceptors (Lipinski definition) is 2. The molecule has 0 radical (unpaired) electrons. The highest BCUT2D eigenvalue weighted by Crippen LogP contribution is 2.48. The summed E-state index contributed by atoms with van der Waals surface area (Å²) in [5.74, 6) is -1.56. The van der Waals surface area contributed by atoms with Crippen LogP contribution in [0.1, 0.15) is 24.8 Å². The summed E-state index contributed by atoms with van der Waals surface area (Å²) >= 11 is 0. The van der Waals surface area contributed by atoms with Crippen LogP contribution in [0.2, 0.25) is 0 Å². The first-order valence-electron chi connectivity index (χ1n) is 5.98. The van der Waals surface area contributed by atoms with Gasteiger partial charge >= 0.3 is 0 Å². The first-order chi connectivity index (χ1) is 8.52. The van der Waals surface area contributed by atoms with Crippen LogP contribution in [0.15, 0.2) is 18.2 Å². The molecule has 2 unspecified atom stereocenters. The lowest BCUT2D eigenvalue weighted by molar-refractivity contribution is -0.122. The van der Waals surface area contributed by atoms with E-state index in [4.69, 9.17) is 5.73 Å². The standard InChI is InChI=1S/C13H16F2N2O/c1-7(6-16)17-13(18)11-5-9(11)10-4-8(14)2-3-12(10)15/h2-4,7,9,11H,5-6,16H2,1H3,(H,17,18)/t7-,9?,11?/m0/s1. The van der Waals surface area contributed by atoms with Gasteiger partial charge in [-0.05, 0) is 43.0 Å². The van der Waals surface area contributed by atoms with Gasteiger partial charge in [0.2, 0.25) is 5.91 Å². The average molecular weight is 254 g/mol. The van der Waals surface area contributed by atoms with Gasteiger partial charge in [0, 0.05) is 18.5 Å². The van der Waals surface area contributed by atoms with Crippen LogP contribution in [0.3, 0.4) is 0 Å². The lowest BCUT2D eigenvalue weighted by atomic mass is 10.1. The van der Waals surface area contributed by atoms with Crippen molar-refractivity contribution in [1.82, 2.24) is 5.32 Å². The molecule has 1 aromatic rings. The van der Waals surface area contributed by atoms with Crippen LogP contribution in [-0.2, 0) is 4.79 Å². The molecule has 0 saturated heterocycles. The van der Waals surface area contributed by atoms with Crippen molar-refractivity contribution in [1.29, 1.82) is 0 Å². The van der Waals surface area contributed by atoms with Crippen molar-refractivity contribution >= 4 is 5.91 Å². The summed E-state index contributed by atoms with van der Waals surface area (Å²) in [7, 11) is 0. The second-order valence-corrected chi connectivity index (χ2v) is 4.76. The largest absolute Gasteiger partial charge is 0.352 e. The Hall–Kier alpha value is -1.49.